The molecule has 1 aliphatic carbocycles. The van der Waals surface area contributed by atoms with Gasteiger partial charge < -0.3 is 0 Å². The van der Waals surface area contributed by atoms with Crippen LogP contribution in [0.1, 0.15) is 24.8 Å². The van der Waals surface area contributed by atoms with E-state index in [1.165, 1.54) is 6.07 Å². The number of aromatic amines is 1. The summed E-state index contributed by atoms with van der Waals surface area (Å²) >= 11 is 0. The van der Waals surface area contributed by atoms with Crippen LogP contribution in [0.4, 0.5) is 0 Å². The summed E-state index contributed by atoms with van der Waals surface area (Å²) in [6.45, 7) is 0. The molecule has 1 atom stereocenters. The quantitative estimate of drug-likeness (QED) is 0.867. The smallest absolute Gasteiger partial charge is 0.225 e. The average molecular weight is 330 g/mol. The Morgan fingerprint density at radius 3 is 2.78 bits per heavy atom. The second-order valence-corrected chi connectivity index (χ2v) is 6.82. The van der Waals surface area contributed by atoms with Gasteiger partial charge in [0.15, 0.2) is 0 Å². The summed E-state index contributed by atoms with van der Waals surface area (Å²) in [6.07, 6.45) is 4.01. The number of H-pyrrole nitrogens is 1. The largest absolute Gasteiger partial charge is 0.238 e. The molecule has 1 heterocycles. The van der Waals surface area contributed by atoms with Crippen LogP contribution >= 0.6 is 0 Å². The number of benzene rings is 1. The second kappa shape index (κ2) is 5.91. The predicted molar refractivity (Wildman–Crippen MR) is 81.9 cm³/mol. The molecule has 118 valence electrons. The Bertz CT molecular complexity index is 896. The van der Waals surface area contributed by atoms with Crippen molar-refractivity contribution in [2.24, 2.45) is 11.1 Å². The third-order valence-electron chi connectivity index (χ3n) is 3.84. The van der Waals surface area contributed by atoms with E-state index in [4.69, 9.17) is 10.4 Å². The monoisotopic (exact) mass is 330 g/mol. The number of aromatic nitrogens is 4. The lowest BCUT2D eigenvalue weighted by Crippen LogP contribution is -2.15. The Labute approximate surface area is 133 Å². The van der Waals surface area contributed by atoms with Gasteiger partial charge in [-0.3, -0.25) is 0 Å². The molecule has 9 heteroatoms. The Hall–Kier alpha value is -2.57. The third-order valence-corrected chi connectivity index (χ3v) is 4.79. The lowest BCUT2D eigenvalue weighted by Gasteiger charge is -2.19. The molecule has 1 aromatic carbocycles. The molecule has 1 aliphatic rings. The summed E-state index contributed by atoms with van der Waals surface area (Å²) in [5, 5.41) is 27.9. The fraction of sp³-hybridized carbons (Fsp3) is 0.286. The van der Waals surface area contributed by atoms with Gasteiger partial charge in [-0.1, -0.05) is 18.2 Å². The van der Waals surface area contributed by atoms with Crippen molar-refractivity contribution in [2.45, 2.75) is 24.2 Å². The second-order valence-electron chi connectivity index (χ2n) is 5.29. The van der Waals surface area contributed by atoms with Crippen LogP contribution in [0.5, 0.6) is 0 Å². The van der Waals surface area contributed by atoms with E-state index in [0.717, 1.165) is 12.0 Å². The fourth-order valence-electron chi connectivity index (χ4n) is 2.73. The molecule has 8 nitrogen and oxygen atoms in total. The SMILES string of the molecule is N#C[C@@H]1CC=C(c2cccc(S(N)(=O)=O)c2-c2nn[nH]n2)CC1. The number of tetrazole rings is 1. The maximum absolute atomic E-state index is 11.9. The number of hydrogen-bond acceptors (Lipinski definition) is 6. The van der Waals surface area contributed by atoms with Gasteiger partial charge in [0.05, 0.1) is 22.4 Å². The topological polar surface area (TPSA) is 138 Å². The van der Waals surface area contributed by atoms with E-state index in [0.29, 0.717) is 24.0 Å². The van der Waals surface area contributed by atoms with E-state index in [1.54, 1.807) is 12.1 Å². The maximum Gasteiger partial charge on any atom is 0.238 e. The molecule has 0 saturated heterocycles. The molecule has 1 aromatic heterocycles. The molecule has 0 unspecified atom stereocenters. The molecule has 0 radical (unpaired) electrons. The van der Waals surface area contributed by atoms with Crippen LogP contribution in [-0.4, -0.2) is 29.0 Å². The molecule has 0 saturated carbocycles. The van der Waals surface area contributed by atoms with Crippen molar-refractivity contribution in [1.29, 1.82) is 5.26 Å². The number of nitrogens with two attached hydrogens (primary N) is 1. The minimum atomic E-state index is -3.94. The molecule has 0 amide bonds. The molecule has 0 aliphatic heterocycles. The summed E-state index contributed by atoms with van der Waals surface area (Å²) in [7, 11) is -3.94. The van der Waals surface area contributed by atoms with Crippen LogP contribution in [-0.2, 0) is 10.0 Å². The highest BCUT2D eigenvalue weighted by molar-refractivity contribution is 7.89. The highest BCUT2D eigenvalue weighted by Gasteiger charge is 2.24. The fourth-order valence-corrected chi connectivity index (χ4v) is 3.48. The third kappa shape index (κ3) is 2.99. The summed E-state index contributed by atoms with van der Waals surface area (Å²) in [5.74, 6) is 0.168. The number of rotatable bonds is 3. The van der Waals surface area contributed by atoms with Gasteiger partial charge in [0.25, 0.3) is 0 Å². The van der Waals surface area contributed by atoms with E-state index < -0.39 is 10.0 Å². The number of allylic oxidation sites excluding steroid dienone is 2. The summed E-state index contributed by atoms with van der Waals surface area (Å²) in [6, 6.07) is 7.12. The molecule has 3 rings (SSSR count). The Morgan fingerprint density at radius 2 is 2.22 bits per heavy atom. The zero-order valence-corrected chi connectivity index (χ0v) is 12.9. The minimum absolute atomic E-state index is 0.00574. The van der Waals surface area contributed by atoms with Crippen molar-refractivity contribution in [3.05, 3.63) is 29.8 Å². The Morgan fingerprint density at radius 1 is 1.39 bits per heavy atom. The lowest BCUT2D eigenvalue weighted by atomic mass is 9.85. The number of nitrogens with one attached hydrogen (secondary N) is 1. The average Bonchev–Trinajstić information content (AvgIpc) is 3.07. The molecule has 0 spiro atoms. The highest BCUT2D eigenvalue weighted by Crippen LogP contribution is 2.37. The molecule has 0 bridgehead atoms. The first-order chi connectivity index (χ1) is 11.0. The van der Waals surface area contributed by atoms with Crippen molar-refractivity contribution in [3.8, 4) is 17.5 Å². The Balaban J connectivity index is 2.19. The Kier molecular flexibility index (Phi) is 3.94. The van der Waals surface area contributed by atoms with Gasteiger partial charge in [0.1, 0.15) is 0 Å². The molecule has 2 aromatic rings. The molecule has 3 N–H and O–H groups in total. The first-order valence-corrected chi connectivity index (χ1v) is 8.54. The van der Waals surface area contributed by atoms with Gasteiger partial charge in [-0.15, -0.1) is 10.2 Å². The number of nitriles is 1. The normalized spacial score (nSPS) is 18.3. The van der Waals surface area contributed by atoms with Crippen LogP contribution in [0.25, 0.3) is 17.0 Å². The van der Waals surface area contributed by atoms with Crippen molar-refractivity contribution in [2.75, 3.05) is 0 Å². The van der Waals surface area contributed by atoms with Crippen LogP contribution in [0.3, 0.4) is 0 Å². The lowest BCUT2D eigenvalue weighted by molar-refractivity contribution is 0.597. The van der Waals surface area contributed by atoms with Gasteiger partial charge in [-0.2, -0.15) is 10.5 Å². The van der Waals surface area contributed by atoms with Crippen molar-refractivity contribution in [1.82, 2.24) is 20.6 Å². The standard InChI is InChI=1S/C14H14N6O2S/c15-8-9-4-6-10(7-5-9)11-2-1-3-12(23(16,21)22)13(11)14-17-19-20-18-14/h1-3,6,9H,4-5,7H2,(H2,16,21,22)(H,17,18,19,20)/t9-/m1/s1. The van der Waals surface area contributed by atoms with Crippen LogP contribution in [0.15, 0.2) is 29.2 Å². The van der Waals surface area contributed by atoms with Crippen molar-refractivity contribution in [3.63, 3.8) is 0 Å². The molecule has 23 heavy (non-hydrogen) atoms. The summed E-state index contributed by atoms with van der Waals surface area (Å²) in [4.78, 5) is -0.0419. The predicted octanol–water partition coefficient (Wildman–Crippen LogP) is 1.22. The maximum atomic E-state index is 11.9. The van der Waals surface area contributed by atoms with E-state index in [1.807, 2.05) is 6.08 Å². The highest BCUT2D eigenvalue weighted by atomic mass is 32.2. The van der Waals surface area contributed by atoms with Gasteiger partial charge in [-0.25, -0.2) is 13.6 Å². The van der Waals surface area contributed by atoms with Gasteiger partial charge in [0, 0.05) is 0 Å². The summed E-state index contributed by atoms with van der Waals surface area (Å²) < 4.78 is 23.8. The van der Waals surface area contributed by atoms with E-state index in [2.05, 4.69) is 26.7 Å². The first kappa shape index (κ1) is 15.3. The van der Waals surface area contributed by atoms with Gasteiger partial charge in [-0.05, 0) is 41.7 Å². The van der Waals surface area contributed by atoms with E-state index in [9.17, 15) is 8.42 Å². The van der Waals surface area contributed by atoms with Crippen LogP contribution in [0, 0.1) is 17.2 Å². The molecular weight excluding hydrogens is 316 g/mol. The zero-order valence-electron chi connectivity index (χ0n) is 12.1. The van der Waals surface area contributed by atoms with Crippen molar-refractivity contribution >= 4 is 15.6 Å². The van der Waals surface area contributed by atoms with Crippen LogP contribution < -0.4 is 5.14 Å². The number of hydrogen-bond donors (Lipinski definition) is 2. The molecular formula is C14H14N6O2S. The summed E-state index contributed by atoms with van der Waals surface area (Å²) in [5.41, 5.74) is 2.00. The minimum Gasteiger partial charge on any atom is -0.225 e. The van der Waals surface area contributed by atoms with E-state index in [-0.39, 0.29) is 16.6 Å². The van der Waals surface area contributed by atoms with E-state index >= 15 is 0 Å². The van der Waals surface area contributed by atoms with Crippen LogP contribution in [0.2, 0.25) is 0 Å². The van der Waals surface area contributed by atoms with Crippen molar-refractivity contribution < 1.29 is 8.42 Å². The molecule has 0 fully saturated rings. The zero-order chi connectivity index (χ0) is 16.4. The van der Waals surface area contributed by atoms with Gasteiger partial charge >= 0.3 is 0 Å². The number of sulfonamides is 1. The number of primary sulfonamides is 1. The van der Waals surface area contributed by atoms with Gasteiger partial charge in [0.2, 0.25) is 15.8 Å². The number of nitrogens with zero attached hydrogens (tertiary/aromatic N) is 4. The first-order valence-electron chi connectivity index (χ1n) is 6.99.